The molecule has 6 heteroatoms. The Kier molecular flexibility index (Phi) is 3.47. The number of hydrogen-bond acceptors (Lipinski definition) is 4. The van der Waals surface area contributed by atoms with Crippen LogP contribution >= 0.6 is 0 Å². The van der Waals surface area contributed by atoms with Crippen LogP contribution in [0.25, 0.3) is 0 Å². The van der Waals surface area contributed by atoms with Crippen molar-refractivity contribution >= 4 is 11.6 Å². The number of hydrazine groups is 1. The predicted molar refractivity (Wildman–Crippen MR) is 63.2 cm³/mol. The highest BCUT2D eigenvalue weighted by molar-refractivity contribution is 5.98. The van der Waals surface area contributed by atoms with Crippen molar-refractivity contribution in [2.45, 2.75) is 26.3 Å². The molecule has 0 atom stereocenters. The van der Waals surface area contributed by atoms with Crippen molar-refractivity contribution in [3.8, 4) is 0 Å². The molecule has 0 fully saturated rings. The summed E-state index contributed by atoms with van der Waals surface area (Å²) >= 11 is 0. The Morgan fingerprint density at radius 1 is 1.35 bits per heavy atom. The van der Waals surface area contributed by atoms with Gasteiger partial charge in [0.15, 0.2) is 0 Å². The van der Waals surface area contributed by atoms with Crippen molar-refractivity contribution in [3.05, 3.63) is 39.9 Å². The van der Waals surface area contributed by atoms with Gasteiger partial charge in [-0.2, -0.15) is 0 Å². The minimum atomic E-state index is -0.596. The van der Waals surface area contributed by atoms with Gasteiger partial charge < -0.3 is 0 Å². The van der Waals surface area contributed by atoms with Gasteiger partial charge in [-0.1, -0.05) is 12.1 Å². The van der Waals surface area contributed by atoms with E-state index < -0.39 is 16.4 Å². The second-order valence-electron chi connectivity index (χ2n) is 4.62. The summed E-state index contributed by atoms with van der Waals surface area (Å²) in [6, 6.07) is 5.75. The monoisotopic (exact) mass is 237 g/mol. The first-order valence-electron chi connectivity index (χ1n) is 5.08. The van der Waals surface area contributed by atoms with Gasteiger partial charge in [0.2, 0.25) is 0 Å². The molecule has 0 radical (unpaired) electrons. The summed E-state index contributed by atoms with van der Waals surface area (Å²) in [5.41, 5.74) is -0.840. The molecule has 0 heterocycles. The fourth-order valence-corrected chi connectivity index (χ4v) is 1.25. The van der Waals surface area contributed by atoms with E-state index in [1.54, 1.807) is 26.8 Å². The molecule has 2 N–H and O–H groups in total. The number of rotatable bonds is 2. The van der Waals surface area contributed by atoms with Crippen molar-refractivity contribution in [1.29, 1.82) is 0 Å². The first kappa shape index (κ1) is 13.1. The molecule has 6 nitrogen and oxygen atoms in total. The number of hydrogen-bond donors (Lipinski definition) is 1. The van der Waals surface area contributed by atoms with E-state index >= 15 is 0 Å². The number of benzene rings is 1. The van der Waals surface area contributed by atoms with E-state index in [4.69, 9.17) is 5.84 Å². The Labute approximate surface area is 99.1 Å². The van der Waals surface area contributed by atoms with Crippen LogP contribution in [0.3, 0.4) is 0 Å². The smallest absolute Gasteiger partial charge is 0.271 e. The summed E-state index contributed by atoms with van der Waals surface area (Å²) in [5.74, 6) is 5.09. The number of amides is 1. The van der Waals surface area contributed by atoms with Gasteiger partial charge in [-0.3, -0.25) is 19.9 Å². The van der Waals surface area contributed by atoms with Crippen molar-refractivity contribution < 1.29 is 9.72 Å². The fourth-order valence-electron chi connectivity index (χ4n) is 1.25. The molecule has 0 saturated carbocycles. The van der Waals surface area contributed by atoms with Gasteiger partial charge in [-0.25, -0.2) is 5.84 Å². The lowest BCUT2D eigenvalue weighted by atomic mass is 10.1. The molecule has 0 aliphatic carbocycles. The number of carbonyl (C=O) groups excluding carboxylic acids is 1. The number of carbonyl (C=O) groups is 1. The van der Waals surface area contributed by atoms with Crippen molar-refractivity contribution in [2.24, 2.45) is 5.84 Å². The third-order valence-electron chi connectivity index (χ3n) is 2.27. The summed E-state index contributed by atoms with van der Waals surface area (Å²) in [5, 5.41) is 11.8. The second-order valence-corrected chi connectivity index (χ2v) is 4.62. The first-order valence-corrected chi connectivity index (χ1v) is 5.08. The molecule has 0 bridgehead atoms. The lowest BCUT2D eigenvalue weighted by Crippen LogP contribution is -2.50. The fraction of sp³-hybridized carbons (Fsp3) is 0.364. The Morgan fingerprint density at radius 2 is 1.88 bits per heavy atom. The Hall–Kier alpha value is -1.95. The van der Waals surface area contributed by atoms with Crippen LogP contribution < -0.4 is 5.84 Å². The van der Waals surface area contributed by atoms with Crippen LogP contribution in [0.4, 0.5) is 5.69 Å². The van der Waals surface area contributed by atoms with Crippen LogP contribution in [-0.2, 0) is 0 Å². The third kappa shape index (κ3) is 2.79. The Balaban J connectivity index is 3.17. The molecular weight excluding hydrogens is 222 g/mol. The van der Waals surface area contributed by atoms with Crippen molar-refractivity contribution in [3.63, 3.8) is 0 Å². The average Bonchev–Trinajstić information content (AvgIpc) is 2.25. The molecule has 0 aliphatic rings. The Bertz CT molecular complexity index is 452. The SMILES string of the molecule is CC(C)(C)N(N)C(=O)c1ccccc1[N+](=O)[O-]. The molecule has 0 saturated heterocycles. The standard InChI is InChI=1S/C11H15N3O3/c1-11(2,3)13(12)10(15)8-6-4-5-7-9(8)14(16)17/h4-7H,12H2,1-3H3. The summed E-state index contributed by atoms with van der Waals surface area (Å²) in [6.07, 6.45) is 0. The lowest BCUT2D eigenvalue weighted by molar-refractivity contribution is -0.385. The molecule has 0 aliphatic heterocycles. The van der Waals surface area contributed by atoms with Gasteiger partial charge in [0.25, 0.3) is 11.6 Å². The topological polar surface area (TPSA) is 89.5 Å². The predicted octanol–water partition coefficient (Wildman–Crippen LogP) is 1.71. The van der Waals surface area contributed by atoms with Crippen LogP contribution in [0.2, 0.25) is 0 Å². The van der Waals surface area contributed by atoms with E-state index in [2.05, 4.69) is 0 Å². The maximum absolute atomic E-state index is 12.0. The van der Waals surface area contributed by atoms with E-state index in [0.29, 0.717) is 0 Å². The molecule has 0 aromatic heterocycles. The number of para-hydroxylation sites is 1. The number of nitro benzene ring substituents is 1. The summed E-state index contributed by atoms with van der Waals surface area (Å²) in [7, 11) is 0. The van der Waals surface area contributed by atoms with Gasteiger partial charge in [0.05, 0.1) is 10.5 Å². The van der Waals surface area contributed by atoms with Gasteiger partial charge in [0, 0.05) is 6.07 Å². The molecule has 1 amide bonds. The molecule has 0 spiro atoms. The summed E-state index contributed by atoms with van der Waals surface area (Å²) in [6.45, 7) is 5.25. The second kappa shape index (κ2) is 4.50. The summed E-state index contributed by atoms with van der Waals surface area (Å²) in [4.78, 5) is 22.2. The van der Waals surface area contributed by atoms with Crippen LogP contribution in [0.15, 0.2) is 24.3 Å². The largest absolute Gasteiger partial charge is 0.282 e. The van der Waals surface area contributed by atoms with E-state index in [0.717, 1.165) is 5.01 Å². The van der Waals surface area contributed by atoms with Crippen LogP contribution in [0, 0.1) is 10.1 Å². The molecule has 1 aromatic rings. The maximum atomic E-state index is 12.0. The maximum Gasteiger partial charge on any atom is 0.282 e. The first-order chi connectivity index (χ1) is 7.75. The third-order valence-corrected chi connectivity index (χ3v) is 2.27. The molecule has 92 valence electrons. The van der Waals surface area contributed by atoms with E-state index in [9.17, 15) is 14.9 Å². The number of nitrogens with two attached hydrogens (primary N) is 1. The van der Waals surface area contributed by atoms with Gasteiger partial charge in [-0.15, -0.1) is 0 Å². The molecular formula is C11H15N3O3. The number of nitro groups is 1. The van der Waals surface area contributed by atoms with Crippen molar-refractivity contribution in [1.82, 2.24) is 5.01 Å². The average molecular weight is 237 g/mol. The Morgan fingerprint density at radius 3 is 2.35 bits per heavy atom. The molecule has 0 unspecified atom stereocenters. The van der Waals surface area contributed by atoms with Crippen LogP contribution in [0.5, 0.6) is 0 Å². The summed E-state index contributed by atoms with van der Waals surface area (Å²) < 4.78 is 0. The molecule has 17 heavy (non-hydrogen) atoms. The number of nitrogens with zero attached hydrogens (tertiary/aromatic N) is 2. The van der Waals surface area contributed by atoms with E-state index in [-0.39, 0.29) is 11.3 Å². The zero-order valence-electron chi connectivity index (χ0n) is 10.0. The van der Waals surface area contributed by atoms with E-state index in [1.165, 1.54) is 18.2 Å². The minimum absolute atomic E-state index is 0.00470. The van der Waals surface area contributed by atoms with E-state index in [1.807, 2.05) is 0 Å². The zero-order chi connectivity index (χ0) is 13.2. The lowest BCUT2D eigenvalue weighted by Gasteiger charge is -2.30. The highest BCUT2D eigenvalue weighted by Crippen LogP contribution is 2.21. The van der Waals surface area contributed by atoms with Crippen LogP contribution in [-0.4, -0.2) is 21.4 Å². The van der Waals surface area contributed by atoms with Gasteiger partial charge in [0.1, 0.15) is 5.56 Å². The minimum Gasteiger partial charge on any atom is -0.271 e. The van der Waals surface area contributed by atoms with Gasteiger partial charge in [-0.05, 0) is 26.8 Å². The molecule has 1 aromatic carbocycles. The van der Waals surface area contributed by atoms with Gasteiger partial charge >= 0.3 is 0 Å². The zero-order valence-corrected chi connectivity index (χ0v) is 10.0. The highest BCUT2D eigenvalue weighted by atomic mass is 16.6. The van der Waals surface area contributed by atoms with Crippen molar-refractivity contribution in [2.75, 3.05) is 0 Å². The quantitative estimate of drug-likeness (QED) is 0.367. The highest BCUT2D eigenvalue weighted by Gasteiger charge is 2.29. The normalized spacial score (nSPS) is 11.1. The molecule has 1 rings (SSSR count). The van der Waals surface area contributed by atoms with Crippen LogP contribution in [0.1, 0.15) is 31.1 Å².